The summed E-state index contributed by atoms with van der Waals surface area (Å²) < 4.78 is 0. The van der Waals surface area contributed by atoms with Gasteiger partial charge >= 0.3 is 0 Å². The molecular weight excluding hydrogens is 176 g/mol. The summed E-state index contributed by atoms with van der Waals surface area (Å²) in [6.45, 7) is 3.67. The first-order chi connectivity index (χ1) is 6.77. The minimum atomic E-state index is 0.252. The molecule has 1 amide bonds. The number of amides is 1. The maximum atomic E-state index is 11.6. The van der Waals surface area contributed by atoms with Gasteiger partial charge in [-0.1, -0.05) is 6.92 Å². The highest BCUT2D eigenvalue weighted by Crippen LogP contribution is 2.27. The molecule has 1 aliphatic carbocycles. The van der Waals surface area contributed by atoms with Crippen molar-refractivity contribution in [2.75, 3.05) is 13.1 Å². The van der Waals surface area contributed by atoms with Gasteiger partial charge in [-0.2, -0.15) is 0 Å². The van der Waals surface area contributed by atoms with Gasteiger partial charge in [0.1, 0.15) is 0 Å². The van der Waals surface area contributed by atoms with Gasteiger partial charge < -0.3 is 11.1 Å². The van der Waals surface area contributed by atoms with E-state index in [-0.39, 0.29) is 11.8 Å². The van der Waals surface area contributed by atoms with Crippen LogP contribution in [-0.2, 0) is 4.79 Å². The topological polar surface area (TPSA) is 55.1 Å². The van der Waals surface area contributed by atoms with E-state index in [0.717, 1.165) is 45.2 Å². The Morgan fingerprint density at radius 1 is 1.36 bits per heavy atom. The van der Waals surface area contributed by atoms with E-state index in [9.17, 15) is 4.79 Å². The Bertz CT molecular complexity index is 174. The molecular formula is C11H22N2O. The van der Waals surface area contributed by atoms with Crippen LogP contribution >= 0.6 is 0 Å². The highest BCUT2D eigenvalue weighted by atomic mass is 16.1. The minimum absolute atomic E-state index is 0.252. The number of hydrogen-bond donors (Lipinski definition) is 2. The molecule has 1 saturated carbocycles. The lowest BCUT2D eigenvalue weighted by atomic mass is 9.81. The quantitative estimate of drug-likeness (QED) is 0.715. The molecule has 0 unspecified atom stereocenters. The Morgan fingerprint density at radius 2 is 2.00 bits per heavy atom. The molecule has 1 rings (SSSR count). The van der Waals surface area contributed by atoms with E-state index in [1.165, 1.54) is 0 Å². The number of nitrogens with one attached hydrogen (secondary N) is 1. The van der Waals surface area contributed by atoms with E-state index in [2.05, 4.69) is 12.2 Å². The Kier molecular flexibility index (Phi) is 4.94. The van der Waals surface area contributed by atoms with Gasteiger partial charge in [-0.15, -0.1) is 0 Å². The van der Waals surface area contributed by atoms with Crippen LogP contribution in [0.3, 0.4) is 0 Å². The molecule has 1 fully saturated rings. The van der Waals surface area contributed by atoms with Crippen molar-refractivity contribution in [3.8, 4) is 0 Å². The van der Waals surface area contributed by atoms with Crippen LogP contribution in [0.4, 0.5) is 0 Å². The summed E-state index contributed by atoms with van der Waals surface area (Å²) in [6.07, 6.45) is 5.32. The van der Waals surface area contributed by atoms with Crippen LogP contribution in [-0.4, -0.2) is 19.0 Å². The van der Waals surface area contributed by atoms with E-state index in [1.54, 1.807) is 0 Å². The summed E-state index contributed by atoms with van der Waals surface area (Å²) >= 11 is 0. The smallest absolute Gasteiger partial charge is 0.223 e. The van der Waals surface area contributed by atoms with Crippen molar-refractivity contribution < 1.29 is 4.79 Å². The van der Waals surface area contributed by atoms with Gasteiger partial charge in [0.25, 0.3) is 0 Å². The number of carbonyl (C=O) groups is 1. The lowest BCUT2D eigenvalue weighted by molar-refractivity contribution is -0.126. The third-order valence-corrected chi connectivity index (χ3v) is 3.10. The van der Waals surface area contributed by atoms with Crippen molar-refractivity contribution in [1.82, 2.24) is 5.32 Å². The summed E-state index contributed by atoms with van der Waals surface area (Å²) in [5, 5.41) is 2.96. The molecule has 0 aromatic heterocycles. The van der Waals surface area contributed by atoms with E-state index >= 15 is 0 Å². The Hall–Kier alpha value is -0.570. The normalized spacial score (nSPS) is 27.3. The summed E-state index contributed by atoms with van der Waals surface area (Å²) in [4.78, 5) is 11.6. The van der Waals surface area contributed by atoms with Gasteiger partial charge in [-0.25, -0.2) is 0 Å². The first kappa shape index (κ1) is 11.5. The molecule has 0 aliphatic heterocycles. The number of rotatable bonds is 4. The van der Waals surface area contributed by atoms with Gasteiger partial charge in [-0.05, 0) is 44.6 Å². The third-order valence-electron chi connectivity index (χ3n) is 3.10. The van der Waals surface area contributed by atoms with Crippen LogP contribution in [0.1, 0.15) is 39.0 Å². The van der Waals surface area contributed by atoms with Crippen molar-refractivity contribution >= 4 is 5.91 Å². The van der Waals surface area contributed by atoms with Crippen LogP contribution in [0.5, 0.6) is 0 Å². The number of carbonyl (C=O) groups excluding carboxylic acids is 1. The standard InChI is InChI=1S/C11H22N2O/c1-2-7-13-11(14)10-5-3-9(8-12)4-6-10/h9-10H,2-8,12H2,1H3,(H,13,14)/t9-,10-. The number of nitrogens with two attached hydrogens (primary N) is 1. The molecule has 0 aromatic rings. The Morgan fingerprint density at radius 3 is 2.50 bits per heavy atom. The van der Waals surface area contributed by atoms with E-state index in [4.69, 9.17) is 5.73 Å². The molecule has 0 spiro atoms. The first-order valence-electron chi connectivity index (χ1n) is 5.75. The molecule has 0 aromatic carbocycles. The Labute approximate surface area is 86.4 Å². The van der Waals surface area contributed by atoms with Gasteiger partial charge in [0.05, 0.1) is 0 Å². The summed E-state index contributed by atoms with van der Waals surface area (Å²) in [5.74, 6) is 1.16. The molecule has 1 aliphatic rings. The molecule has 14 heavy (non-hydrogen) atoms. The Balaban J connectivity index is 2.23. The zero-order valence-corrected chi connectivity index (χ0v) is 9.09. The molecule has 3 nitrogen and oxygen atoms in total. The number of hydrogen-bond acceptors (Lipinski definition) is 2. The zero-order valence-electron chi connectivity index (χ0n) is 9.09. The molecule has 0 atom stereocenters. The largest absolute Gasteiger partial charge is 0.356 e. The average Bonchev–Trinajstić information content (AvgIpc) is 2.26. The minimum Gasteiger partial charge on any atom is -0.356 e. The summed E-state index contributed by atoms with van der Waals surface area (Å²) in [6, 6.07) is 0. The average molecular weight is 198 g/mol. The van der Waals surface area contributed by atoms with Crippen LogP contribution < -0.4 is 11.1 Å². The predicted octanol–water partition coefficient (Wildman–Crippen LogP) is 1.28. The maximum absolute atomic E-state index is 11.6. The van der Waals surface area contributed by atoms with E-state index in [0.29, 0.717) is 5.92 Å². The third kappa shape index (κ3) is 3.29. The molecule has 0 radical (unpaired) electrons. The van der Waals surface area contributed by atoms with Gasteiger partial charge in [0.15, 0.2) is 0 Å². The second-order valence-electron chi connectivity index (χ2n) is 4.24. The molecule has 0 saturated heterocycles. The SMILES string of the molecule is CCCNC(=O)[C@H]1CC[C@H](CN)CC1. The summed E-state index contributed by atoms with van der Waals surface area (Å²) in [5.41, 5.74) is 5.60. The van der Waals surface area contributed by atoms with Crippen LogP contribution in [0.15, 0.2) is 0 Å². The van der Waals surface area contributed by atoms with Crippen molar-refractivity contribution in [1.29, 1.82) is 0 Å². The summed E-state index contributed by atoms with van der Waals surface area (Å²) in [7, 11) is 0. The fourth-order valence-electron chi connectivity index (χ4n) is 2.05. The highest BCUT2D eigenvalue weighted by molar-refractivity contribution is 5.78. The van der Waals surface area contributed by atoms with Gasteiger partial charge in [0, 0.05) is 12.5 Å². The molecule has 3 heteroatoms. The lowest BCUT2D eigenvalue weighted by Gasteiger charge is -2.26. The van der Waals surface area contributed by atoms with E-state index in [1.807, 2.05) is 0 Å². The predicted molar refractivity (Wildman–Crippen MR) is 57.8 cm³/mol. The molecule has 0 heterocycles. The van der Waals surface area contributed by atoms with Crippen LogP contribution in [0.25, 0.3) is 0 Å². The zero-order chi connectivity index (χ0) is 10.4. The highest BCUT2D eigenvalue weighted by Gasteiger charge is 2.24. The molecule has 3 N–H and O–H groups in total. The fourth-order valence-corrected chi connectivity index (χ4v) is 2.05. The maximum Gasteiger partial charge on any atom is 0.223 e. The molecule has 82 valence electrons. The van der Waals surface area contributed by atoms with Gasteiger partial charge in [0.2, 0.25) is 5.91 Å². The van der Waals surface area contributed by atoms with Crippen molar-refractivity contribution in [3.05, 3.63) is 0 Å². The second-order valence-corrected chi connectivity index (χ2v) is 4.24. The van der Waals surface area contributed by atoms with Crippen LogP contribution in [0, 0.1) is 11.8 Å². The lowest BCUT2D eigenvalue weighted by Crippen LogP contribution is -2.34. The van der Waals surface area contributed by atoms with Gasteiger partial charge in [-0.3, -0.25) is 4.79 Å². The molecule has 0 bridgehead atoms. The van der Waals surface area contributed by atoms with Crippen molar-refractivity contribution in [2.24, 2.45) is 17.6 Å². The van der Waals surface area contributed by atoms with Crippen molar-refractivity contribution in [2.45, 2.75) is 39.0 Å². The fraction of sp³-hybridized carbons (Fsp3) is 0.909. The van der Waals surface area contributed by atoms with E-state index < -0.39 is 0 Å². The second kappa shape index (κ2) is 6.02. The van der Waals surface area contributed by atoms with Crippen LogP contribution in [0.2, 0.25) is 0 Å². The monoisotopic (exact) mass is 198 g/mol. The first-order valence-corrected chi connectivity index (χ1v) is 5.75. The van der Waals surface area contributed by atoms with Crippen molar-refractivity contribution in [3.63, 3.8) is 0 Å².